The summed E-state index contributed by atoms with van der Waals surface area (Å²) < 4.78 is 0. The molecule has 0 atom stereocenters. The van der Waals surface area contributed by atoms with E-state index < -0.39 is 0 Å². The normalized spacial score (nSPS) is 15.7. The summed E-state index contributed by atoms with van der Waals surface area (Å²) in [6.07, 6.45) is 5.24. The molecule has 1 aromatic rings. The largest absolute Gasteiger partial charge is 0.345 e. The van der Waals surface area contributed by atoms with Gasteiger partial charge in [0.2, 0.25) is 5.91 Å². The lowest BCUT2D eigenvalue weighted by molar-refractivity contribution is -0.135. The first-order valence-electron chi connectivity index (χ1n) is 7.05. The summed E-state index contributed by atoms with van der Waals surface area (Å²) in [5.41, 5.74) is 1.07. The van der Waals surface area contributed by atoms with Crippen molar-refractivity contribution in [1.29, 1.82) is 0 Å². The van der Waals surface area contributed by atoms with E-state index in [0.717, 1.165) is 12.1 Å². The van der Waals surface area contributed by atoms with E-state index >= 15 is 0 Å². The van der Waals surface area contributed by atoms with Crippen LogP contribution in [-0.2, 0) is 11.3 Å². The molecule has 1 aliphatic heterocycles. The highest BCUT2D eigenvalue weighted by molar-refractivity contribution is 6.30. The second-order valence-corrected chi connectivity index (χ2v) is 5.40. The summed E-state index contributed by atoms with van der Waals surface area (Å²) in [5.74, 6) is 3.24. The molecule has 116 valence electrons. The smallest absolute Gasteiger partial charge is 0.242 e. The van der Waals surface area contributed by atoms with Crippen LogP contribution < -0.4 is 5.32 Å². The van der Waals surface area contributed by atoms with Crippen LogP contribution in [0, 0.1) is 12.3 Å². The van der Waals surface area contributed by atoms with Gasteiger partial charge in [-0.3, -0.25) is 9.79 Å². The van der Waals surface area contributed by atoms with Crippen LogP contribution in [0.3, 0.4) is 0 Å². The SMILES string of the molecule is C#CCNC(=NC)N1CCN(Cc2ccc(Cl)cc2)C(=O)C1. The average molecular weight is 319 g/mol. The van der Waals surface area contributed by atoms with E-state index in [1.54, 1.807) is 7.05 Å². The van der Waals surface area contributed by atoms with Gasteiger partial charge in [-0.25, -0.2) is 0 Å². The first-order valence-corrected chi connectivity index (χ1v) is 7.43. The Balaban J connectivity index is 1.94. The molecule has 2 rings (SSSR count). The van der Waals surface area contributed by atoms with Gasteiger partial charge in [0.25, 0.3) is 0 Å². The highest BCUT2D eigenvalue weighted by atomic mass is 35.5. The molecular weight excluding hydrogens is 300 g/mol. The Morgan fingerprint density at radius 3 is 2.73 bits per heavy atom. The number of nitrogens with zero attached hydrogens (tertiary/aromatic N) is 3. The molecule has 0 aliphatic carbocycles. The van der Waals surface area contributed by atoms with Gasteiger partial charge in [0.05, 0.1) is 13.1 Å². The van der Waals surface area contributed by atoms with Gasteiger partial charge in [-0.2, -0.15) is 0 Å². The molecule has 0 radical (unpaired) electrons. The van der Waals surface area contributed by atoms with Crippen molar-refractivity contribution in [3.05, 3.63) is 34.9 Å². The van der Waals surface area contributed by atoms with Crippen LogP contribution in [0.25, 0.3) is 0 Å². The Kier molecular flexibility index (Phi) is 5.68. The van der Waals surface area contributed by atoms with Crippen molar-refractivity contribution < 1.29 is 4.79 Å². The molecule has 1 amide bonds. The summed E-state index contributed by atoms with van der Waals surface area (Å²) in [6.45, 7) is 2.67. The molecule has 22 heavy (non-hydrogen) atoms. The van der Waals surface area contributed by atoms with Crippen LogP contribution >= 0.6 is 11.6 Å². The van der Waals surface area contributed by atoms with E-state index in [0.29, 0.717) is 37.2 Å². The van der Waals surface area contributed by atoms with Gasteiger partial charge in [-0.1, -0.05) is 29.7 Å². The second-order valence-electron chi connectivity index (χ2n) is 4.97. The average Bonchev–Trinajstić information content (AvgIpc) is 2.52. The predicted molar refractivity (Wildman–Crippen MR) is 88.6 cm³/mol. The van der Waals surface area contributed by atoms with Gasteiger partial charge in [0.1, 0.15) is 0 Å². The van der Waals surface area contributed by atoms with E-state index in [2.05, 4.69) is 16.2 Å². The number of hydrogen-bond acceptors (Lipinski definition) is 2. The standard InChI is InChI=1S/C16H19ClN4O/c1-3-8-19-16(18-2)21-10-9-20(15(22)12-21)11-13-4-6-14(17)7-5-13/h1,4-7H,8-12H2,2H3,(H,18,19). The fraction of sp³-hybridized carbons (Fsp3) is 0.375. The van der Waals surface area contributed by atoms with Crippen molar-refractivity contribution in [2.75, 3.05) is 33.2 Å². The quantitative estimate of drug-likeness (QED) is 0.517. The minimum atomic E-state index is 0.0739. The zero-order valence-corrected chi connectivity index (χ0v) is 13.3. The summed E-state index contributed by atoms with van der Waals surface area (Å²) in [5, 5.41) is 3.73. The Bertz CT molecular complexity index is 591. The molecule has 1 fully saturated rings. The minimum absolute atomic E-state index is 0.0739. The lowest BCUT2D eigenvalue weighted by Gasteiger charge is -2.36. The molecule has 5 nitrogen and oxygen atoms in total. The zero-order valence-electron chi connectivity index (χ0n) is 12.6. The minimum Gasteiger partial charge on any atom is -0.345 e. The van der Waals surface area contributed by atoms with E-state index in [9.17, 15) is 4.79 Å². The maximum atomic E-state index is 12.3. The lowest BCUT2D eigenvalue weighted by Crippen LogP contribution is -2.54. The number of carbonyl (C=O) groups is 1. The number of terminal acetylenes is 1. The number of benzene rings is 1. The summed E-state index contributed by atoms with van der Waals surface area (Å²) in [6, 6.07) is 7.55. The number of carbonyl (C=O) groups excluding carboxylic acids is 1. The van der Waals surface area contributed by atoms with Gasteiger partial charge in [-0.15, -0.1) is 6.42 Å². The molecule has 0 spiro atoms. The molecule has 1 saturated heterocycles. The first kappa shape index (κ1) is 16.2. The number of guanidine groups is 1. The Morgan fingerprint density at radius 1 is 1.41 bits per heavy atom. The first-order chi connectivity index (χ1) is 10.6. The number of amides is 1. The van der Waals surface area contributed by atoms with Gasteiger partial charge >= 0.3 is 0 Å². The third kappa shape index (κ3) is 4.15. The van der Waals surface area contributed by atoms with E-state index in [1.165, 1.54) is 0 Å². The molecule has 0 unspecified atom stereocenters. The Morgan fingerprint density at radius 2 is 2.14 bits per heavy atom. The topological polar surface area (TPSA) is 47.9 Å². The number of hydrogen-bond donors (Lipinski definition) is 1. The van der Waals surface area contributed by atoms with Crippen LogP contribution in [0.1, 0.15) is 5.56 Å². The van der Waals surface area contributed by atoms with Gasteiger partial charge in [0.15, 0.2) is 5.96 Å². The number of nitrogens with one attached hydrogen (secondary N) is 1. The Hall–Kier alpha value is -2.19. The molecule has 1 heterocycles. The highest BCUT2D eigenvalue weighted by Gasteiger charge is 2.25. The van der Waals surface area contributed by atoms with E-state index in [-0.39, 0.29) is 5.91 Å². The third-order valence-corrected chi connectivity index (χ3v) is 3.72. The molecule has 0 saturated carbocycles. The van der Waals surface area contributed by atoms with Crippen molar-refractivity contribution in [2.24, 2.45) is 4.99 Å². The number of halogens is 1. The molecular formula is C16H19ClN4O. The van der Waals surface area contributed by atoms with E-state index in [1.807, 2.05) is 34.1 Å². The maximum absolute atomic E-state index is 12.3. The second kappa shape index (κ2) is 7.71. The fourth-order valence-corrected chi connectivity index (χ4v) is 2.46. The van der Waals surface area contributed by atoms with Gasteiger partial charge in [-0.05, 0) is 17.7 Å². The van der Waals surface area contributed by atoms with Crippen LogP contribution in [0.15, 0.2) is 29.3 Å². The molecule has 6 heteroatoms. The lowest BCUT2D eigenvalue weighted by atomic mass is 10.2. The van der Waals surface area contributed by atoms with Crippen LogP contribution in [-0.4, -0.2) is 54.9 Å². The summed E-state index contributed by atoms with van der Waals surface area (Å²) in [7, 11) is 1.68. The van der Waals surface area contributed by atoms with Crippen LogP contribution in [0.4, 0.5) is 0 Å². The van der Waals surface area contributed by atoms with Crippen LogP contribution in [0.5, 0.6) is 0 Å². The van der Waals surface area contributed by atoms with Gasteiger partial charge < -0.3 is 15.1 Å². The van der Waals surface area contributed by atoms with Crippen molar-refractivity contribution in [1.82, 2.24) is 15.1 Å². The van der Waals surface area contributed by atoms with Gasteiger partial charge in [0, 0.05) is 31.7 Å². The number of piperazine rings is 1. The van der Waals surface area contributed by atoms with Crippen molar-refractivity contribution >= 4 is 23.5 Å². The number of rotatable bonds is 3. The van der Waals surface area contributed by atoms with Crippen molar-refractivity contribution in [2.45, 2.75) is 6.54 Å². The maximum Gasteiger partial charge on any atom is 0.242 e. The fourth-order valence-electron chi connectivity index (χ4n) is 2.33. The molecule has 0 bridgehead atoms. The van der Waals surface area contributed by atoms with Crippen LogP contribution in [0.2, 0.25) is 5.02 Å². The molecule has 1 N–H and O–H groups in total. The Labute approximate surface area is 136 Å². The molecule has 1 aromatic carbocycles. The number of aliphatic imine (C=N–C) groups is 1. The third-order valence-electron chi connectivity index (χ3n) is 3.47. The predicted octanol–water partition coefficient (Wildman–Crippen LogP) is 1.19. The molecule has 1 aliphatic rings. The van der Waals surface area contributed by atoms with Crippen molar-refractivity contribution in [3.63, 3.8) is 0 Å². The monoisotopic (exact) mass is 318 g/mol. The summed E-state index contributed by atoms with van der Waals surface area (Å²) >= 11 is 5.87. The zero-order chi connectivity index (χ0) is 15.9. The highest BCUT2D eigenvalue weighted by Crippen LogP contribution is 2.13. The van der Waals surface area contributed by atoms with E-state index in [4.69, 9.17) is 18.0 Å². The summed E-state index contributed by atoms with van der Waals surface area (Å²) in [4.78, 5) is 20.2. The van der Waals surface area contributed by atoms with Crippen molar-refractivity contribution in [3.8, 4) is 12.3 Å². The molecule has 0 aromatic heterocycles.